The normalized spacial score (nSPS) is 11.1. The molecule has 0 heterocycles. The third-order valence-corrected chi connectivity index (χ3v) is 5.21. The Bertz CT molecular complexity index is 478. The van der Waals surface area contributed by atoms with Crippen LogP contribution in [0.1, 0.15) is 89.9 Å². The number of carboxylic acids is 2. The first-order chi connectivity index (χ1) is 13.7. The molecule has 0 spiro atoms. The minimum Gasteiger partial charge on any atom is -0.481 e. The Kier molecular flexibility index (Phi) is 14.5. The Morgan fingerprint density at radius 3 is 1.24 bits per heavy atom. The van der Waals surface area contributed by atoms with Crippen LogP contribution in [-0.2, 0) is 19.2 Å². The zero-order valence-electron chi connectivity index (χ0n) is 16.8. The van der Waals surface area contributed by atoms with Crippen molar-refractivity contribution in [3.05, 3.63) is 0 Å². The quantitative estimate of drug-likeness (QED) is 0.112. The molecule has 0 saturated carbocycles. The van der Waals surface area contributed by atoms with Crippen LogP contribution in [-0.4, -0.2) is 44.4 Å². The smallest absolute Gasteiger partial charge is 0.303 e. The van der Waals surface area contributed by atoms with Crippen molar-refractivity contribution < 1.29 is 39.8 Å². The average molecular weight is 418 g/mol. The van der Waals surface area contributed by atoms with Crippen LogP contribution >= 0.6 is 0 Å². The summed E-state index contributed by atoms with van der Waals surface area (Å²) in [5.74, 6) is -2.77. The molecule has 168 valence electrons. The fourth-order valence-electron chi connectivity index (χ4n) is 3.53. The molecular weight excluding hydrogens is 384 g/mol. The number of hydroxylamine groups is 2. The number of aliphatic carboxylic acids is 2. The second-order valence-corrected chi connectivity index (χ2v) is 7.48. The van der Waals surface area contributed by atoms with E-state index in [-0.39, 0.29) is 25.7 Å². The third-order valence-electron chi connectivity index (χ3n) is 5.21. The van der Waals surface area contributed by atoms with Crippen molar-refractivity contribution in [2.75, 3.05) is 0 Å². The fraction of sp³-hybridized carbons (Fsp3) is 0.789. The van der Waals surface area contributed by atoms with Crippen molar-refractivity contribution in [1.82, 2.24) is 11.0 Å². The molecule has 0 atom stereocenters. The summed E-state index contributed by atoms with van der Waals surface area (Å²) in [5.41, 5.74) is 2.73. The van der Waals surface area contributed by atoms with Gasteiger partial charge < -0.3 is 10.2 Å². The Hall–Kier alpha value is -2.20. The van der Waals surface area contributed by atoms with Crippen LogP contribution in [0.3, 0.4) is 0 Å². The molecule has 0 unspecified atom stereocenters. The zero-order valence-corrected chi connectivity index (χ0v) is 16.8. The Balaban J connectivity index is 4.80. The van der Waals surface area contributed by atoms with E-state index in [1.165, 1.54) is 0 Å². The van der Waals surface area contributed by atoms with Crippen molar-refractivity contribution in [2.24, 2.45) is 5.41 Å². The molecule has 10 heteroatoms. The van der Waals surface area contributed by atoms with E-state index in [2.05, 4.69) is 0 Å². The van der Waals surface area contributed by atoms with Crippen molar-refractivity contribution in [1.29, 1.82) is 0 Å². The van der Waals surface area contributed by atoms with Crippen molar-refractivity contribution in [2.45, 2.75) is 89.9 Å². The van der Waals surface area contributed by atoms with Crippen molar-refractivity contribution in [3.8, 4) is 0 Å². The zero-order chi connectivity index (χ0) is 22.1. The molecule has 29 heavy (non-hydrogen) atoms. The van der Waals surface area contributed by atoms with Crippen LogP contribution in [0.25, 0.3) is 0 Å². The van der Waals surface area contributed by atoms with E-state index < -0.39 is 29.2 Å². The highest BCUT2D eigenvalue weighted by Gasteiger charge is 2.30. The summed E-state index contributed by atoms with van der Waals surface area (Å²) in [7, 11) is 0. The van der Waals surface area contributed by atoms with Gasteiger partial charge in [0.05, 0.1) is 0 Å². The summed E-state index contributed by atoms with van der Waals surface area (Å²) >= 11 is 0. The van der Waals surface area contributed by atoms with Crippen LogP contribution < -0.4 is 11.0 Å². The molecule has 2 amide bonds. The van der Waals surface area contributed by atoms with E-state index >= 15 is 0 Å². The van der Waals surface area contributed by atoms with Gasteiger partial charge in [-0.05, 0) is 43.9 Å². The van der Waals surface area contributed by atoms with E-state index in [0.29, 0.717) is 51.4 Å². The molecule has 0 fully saturated rings. The number of carboxylic acid groups (broad SMARTS) is 2. The molecule has 0 aliphatic rings. The first-order valence-electron chi connectivity index (χ1n) is 10.0. The average Bonchev–Trinajstić information content (AvgIpc) is 2.69. The second-order valence-electron chi connectivity index (χ2n) is 7.48. The predicted octanol–water partition coefficient (Wildman–Crippen LogP) is 2.61. The van der Waals surface area contributed by atoms with Crippen molar-refractivity contribution in [3.63, 3.8) is 0 Å². The number of carbonyl (C=O) groups is 4. The van der Waals surface area contributed by atoms with Gasteiger partial charge in [-0.25, -0.2) is 11.0 Å². The maximum absolute atomic E-state index is 11.1. The molecule has 0 aromatic carbocycles. The molecule has 6 N–H and O–H groups in total. The monoisotopic (exact) mass is 418 g/mol. The number of hydrogen-bond acceptors (Lipinski definition) is 6. The van der Waals surface area contributed by atoms with E-state index in [0.717, 1.165) is 12.8 Å². The van der Waals surface area contributed by atoms with Gasteiger partial charge in [-0.3, -0.25) is 29.6 Å². The predicted molar refractivity (Wildman–Crippen MR) is 102 cm³/mol. The van der Waals surface area contributed by atoms with Crippen LogP contribution in [0.2, 0.25) is 0 Å². The van der Waals surface area contributed by atoms with E-state index in [9.17, 15) is 19.2 Å². The third kappa shape index (κ3) is 14.5. The standard InChI is InChI=1S/C19H34N2O8/c22-15(20-28)7-3-1-5-11-19(13-9-17(24)25,14-10-18(26)27)12-6-2-4-8-16(23)21-29/h28-29H,1-14H2,(H,20,22)(H,21,23)(H,24,25)(H,26,27). The SMILES string of the molecule is O=C(O)CCC(CCCCCC(=O)NO)(CCCCCC(=O)NO)CCC(=O)O. The van der Waals surface area contributed by atoms with Gasteiger partial charge in [0, 0.05) is 25.7 Å². The molecular formula is C19H34N2O8. The Morgan fingerprint density at radius 2 is 0.931 bits per heavy atom. The topological polar surface area (TPSA) is 173 Å². The van der Waals surface area contributed by atoms with Gasteiger partial charge in [0.1, 0.15) is 0 Å². The number of unbranched alkanes of at least 4 members (excludes halogenated alkanes) is 4. The summed E-state index contributed by atoms with van der Waals surface area (Å²) in [4.78, 5) is 44.3. The highest BCUT2D eigenvalue weighted by atomic mass is 16.5. The molecule has 0 bridgehead atoms. The summed E-state index contributed by atoms with van der Waals surface area (Å²) in [6.07, 6.45) is 6.42. The van der Waals surface area contributed by atoms with Crippen LogP contribution in [0.4, 0.5) is 0 Å². The van der Waals surface area contributed by atoms with Crippen molar-refractivity contribution >= 4 is 23.8 Å². The van der Waals surface area contributed by atoms with Crippen LogP contribution in [0.15, 0.2) is 0 Å². The molecule has 0 saturated heterocycles. The van der Waals surface area contributed by atoms with Gasteiger partial charge in [0.25, 0.3) is 0 Å². The molecule has 0 aliphatic heterocycles. The lowest BCUT2D eigenvalue weighted by Gasteiger charge is -2.34. The maximum atomic E-state index is 11.1. The fourth-order valence-corrected chi connectivity index (χ4v) is 3.53. The lowest BCUT2D eigenvalue weighted by atomic mass is 9.71. The molecule has 0 aromatic heterocycles. The second kappa shape index (κ2) is 15.7. The van der Waals surface area contributed by atoms with Gasteiger partial charge >= 0.3 is 11.9 Å². The van der Waals surface area contributed by atoms with E-state index in [1.54, 1.807) is 11.0 Å². The first-order valence-corrected chi connectivity index (χ1v) is 10.0. The largest absolute Gasteiger partial charge is 0.481 e. The summed E-state index contributed by atoms with van der Waals surface area (Å²) in [6.45, 7) is 0. The lowest BCUT2D eigenvalue weighted by Crippen LogP contribution is -2.24. The molecule has 0 rings (SSSR count). The van der Waals surface area contributed by atoms with E-state index in [1.807, 2.05) is 0 Å². The minimum atomic E-state index is -0.927. The summed E-state index contributed by atoms with van der Waals surface area (Å²) in [6, 6.07) is 0. The molecule has 0 aromatic rings. The molecule has 10 nitrogen and oxygen atoms in total. The van der Waals surface area contributed by atoms with Gasteiger partial charge in [-0.2, -0.15) is 0 Å². The van der Waals surface area contributed by atoms with Gasteiger partial charge in [-0.15, -0.1) is 0 Å². The van der Waals surface area contributed by atoms with Gasteiger partial charge in [-0.1, -0.05) is 25.7 Å². The number of rotatable bonds is 18. The maximum Gasteiger partial charge on any atom is 0.303 e. The number of hydrogen-bond donors (Lipinski definition) is 6. The molecule has 0 aliphatic carbocycles. The highest BCUT2D eigenvalue weighted by Crippen LogP contribution is 2.41. The number of nitrogens with one attached hydrogen (secondary N) is 2. The van der Waals surface area contributed by atoms with Crippen LogP contribution in [0.5, 0.6) is 0 Å². The number of amides is 2. The molecule has 0 radical (unpaired) electrons. The van der Waals surface area contributed by atoms with Gasteiger partial charge in [0.2, 0.25) is 11.8 Å². The number of carbonyl (C=O) groups excluding carboxylic acids is 2. The van der Waals surface area contributed by atoms with E-state index in [4.69, 9.17) is 20.6 Å². The Labute approximate surface area is 170 Å². The lowest BCUT2D eigenvalue weighted by molar-refractivity contribution is -0.138. The minimum absolute atomic E-state index is 0.0422. The van der Waals surface area contributed by atoms with Crippen LogP contribution in [0, 0.1) is 5.41 Å². The highest BCUT2D eigenvalue weighted by molar-refractivity contribution is 5.74. The first kappa shape index (κ1) is 26.8. The van der Waals surface area contributed by atoms with Gasteiger partial charge in [0.15, 0.2) is 0 Å². The summed E-state index contributed by atoms with van der Waals surface area (Å²) in [5, 5.41) is 35.2. The summed E-state index contributed by atoms with van der Waals surface area (Å²) < 4.78 is 0. The Morgan fingerprint density at radius 1 is 0.552 bits per heavy atom.